The molecule has 1 aliphatic rings. The molecule has 154 valence electrons. The lowest BCUT2D eigenvalue weighted by molar-refractivity contribution is -0.117. The zero-order valence-electron chi connectivity index (χ0n) is 15.8. The van der Waals surface area contributed by atoms with Crippen LogP contribution in [0.25, 0.3) is 0 Å². The van der Waals surface area contributed by atoms with E-state index in [4.69, 9.17) is 9.47 Å². The molecule has 0 aliphatic carbocycles. The van der Waals surface area contributed by atoms with Gasteiger partial charge in [0.25, 0.3) is 0 Å². The number of benzene rings is 2. The van der Waals surface area contributed by atoms with Crippen LogP contribution in [0.4, 0.5) is 21.3 Å². The van der Waals surface area contributed by atoms with Crippen molar-refractivity contribution in [3.05, 3.63) is 48.0 Å². The molecule has 11 heteroatoms. The summed E-state index contributed by atoms with van der Waals surface area (Å²) in [5.74, 6) is 0.748. The fourth-order valence-electron chi connectivity index (χ4n) is 2.59. The van der Waals surface area contributed by atoms with Gasteiger partial charge in [0, 0.05) is 17.4 Å². The van der Waals surface area contributed by atoms with Gasteiger partial charge in [0.1, 0.15) is 0 Å². The molecule has 0 fully saturated rings. The molecule has 2 heterocycles. The molecule has 0 saturated carbocycles. The van der Waals surface area contributed by atoms with Gasteiger partial charge in [0.15, 0.2) is 15.8 Å². The molecule has 0 spiro atoms. The molecule has 30 heavy (non-hydrogen) atoms. The van der Waals surface area contributed by atoms with E-state index in [1.807, 2.05) is 31.2 Å². The van der Waals surface area contributed by atoms with Crippen molar-refractivity contribution >= 4 is 51.5 Å². The first kappa shape index (κ1) is 20.0. The van der Waals surface area contributed by atoms with Crippen molar-refractivity contribution in [2.24, 2.45) is 0 Å². The van der Waals surface area contributed by atoms with Crippen LogP contribution in [0.3, 0.4) is 0 Å². The van der Waals surface area contributed by atoms with E-state index in [-0.39, 0.29) is 12.5 Å². The normalized spacial score (nSPS) is 11.8. The number of nitrogens with one attached hydrogen (secondary N) is 3. The summed E-state index contributed by atoms with van der Waals surface area (Å²) in [4.78, 5) is 24.1. The van der Waals surface area contributed by atoms with Crippen LogP contribution >= 0.6 is 23.1 Å². The Kier molecular flexibility index (Phi) is 6.00. The topological polar surface area (TPSA) is 114 Å². The maximum Gasteiger partial charge on any atom is 0.325 e. The Bertz CT molecular complexity index is 1090. The predicted octanol–water partition coefficient (Wildman–Crippen LogP) is 3.76. The number of carbonyl (C=O) groups excluding carboxylic acids is 2. The Balaban J connectivity index is 1.23. The Morgan fingerprint density at radius 2 is 1.97 bits per heavy atom. The first-order chi connectivity index (χ1) is 14.5. The van der Waals surface area contributed by atoms with Gasteiger partial charge in [0.05, 0.1) is 5.75 Å². The Morgan fingerprint density at radius 1 is 1.10 bits per heavy atom. The molecule has 3 aromatic rings. The summed E-state index contributed by atoms with van der Waals surface area (Å²) in [6.45, 7) is 2.16. The number of rotatable bonds is 6. The Labute approximate surface area is 180 Å². The fourth-order valence-corrected chi connectivity index (χ4v) is 4.16. The van der Waals surface area contributed by atoms with Gasteiger partial charge in [-0.3, -0.25) is 10.1 Å². The molecule has 1 aliphatic heterocycles. The van der Waals surface area contributed by atoms with Gasteiger partial charge in [-0.05, 0) is 36.8 Å². The van der Waals surface area contributed by atoms with E-state index < -0.39 is 11.9 Å². The van der Waals surface area contributed by atoms with E-state index >= 15 is 0 Å². The number of ether oxygens (including phenoxy) is 2. The third-order valence-corrected chi connectivity index (χ3v) is 5.86. The molecular formula is C19H17N5O4S2. The van der Waals surface area contributed by atoms with Crippen LogP contribution in [0.15, 0.2) is 46.8 Å². The lowest BCUT2D eigenvalue weighted by Crippen LogP contribution is -2.35. The second-order valence-corrected chi connectivity index (χ2v) is 8.43. The highest BCUT2D eigenvalue weighted by Gasteiger charge is 2.15. The highest BCUT2D eigenvalue weighted by molar-refractivity contribution is 8.01. The van der Waals surface area contributed by atoms with Gasteiger partial charge in [-0.15, -0.1) is 10.2 Å². The van der Waals surface area contributed by atoms with Crippen LogP contribution in [-0.4, -0.2) is 34.7 Å². The molecule has 2 aromatic carbocycles. The fraction of sp³-hybridized carbons (Fsp3) is 0.158. The maximum atomic E-state index is 12.0. The summed E-state index contributed by atoms with van der Waals surface area (Å²) in [5, 5.41) is 16.8. The zero-order chi connectivity index (χ0) is 20.9. The molecule has 0 saturated heterocycles. The van der Waals surface area contributed by atoms with Crippen molar-refractivity contribution in [2.45, 2.75) is 11.3 Å². The first-order valence-corrected chi connectivity index (χ1v) is 10.7. The van der Waals surface area contributed by atoms with Crippen LogP contribution in [0.1, 0.15) is 5.56 Å². The number of anilines is 3. The number of imide groups is 1. The van der Waals surface area contributed by atoms with Gasteiger partial charge in [-0.25, -0.2) is 4.79 Å². The summed E-state index contributed by atoms with van der Waals surface area (Å²) >= 11 is 2.54. The minimum Gasteiger partial charge on any atom is -0.454 e. The summed E-state index contributed by atoms with van der Waals surface area (Å²) in [6.07, 6.45) is 0. The van der Waals surface area contributed by atoms with E-state index in [2.05, 4.69) is 26.1 Å². The largest absolute Gasteiger partial charge is 0.454 e. The Hall–Kier alpha value is -3.31. The number of hydrogen-bond donors (Lipinski definition) is 3. The minimum absolute atomic E-state index is 0.0354. The number of nitrogens with zero attached hydrogens (tertiary/aromatic N) is 2. The van der Waals surface area contributed by atoms with Crippen LogP contribution in [-0.2, 0) is 4.79 Å². The van der Waals surface area contributed by atoms with Crippen molar-refractivity contribution in [3.63, 3.8) is 0 Å². The molecular weight excluding hydrogens is 426 g/mol. The van der Waals surface area contributed by atoms with Crippen molar-refractivity contribution in [1.82, 2.24) is 15.5 Å². The van der Waals surface area contributed by atoms with E-state index in [0.717, 1.165) is 11.3 Å². The van der Waals surface area contributed by atoms with Gasteiger partial charge >= 0.3 is 6.03 Å². The van der Waals surface area contributed by atoms with Crippen LogP contribution in [0.5, 0.6) is 11.5 Å². The molecule has 0 unspecified atom stereocenters. The average molecular weight is 444 g/mol. The maximum absolute atomic E-state index is 12.0. The Morgan fingerprint density at radius 3 is 2.83 bits per heavy atom. The van der Waals surface area contributed by atoms with Crippen LogP contribution < -0.4 is 25.4 Å². The number of amides is 3. The molecule has 3 N–H and O–H groups in total. The van der Waals surface area contributed by atoms with E-state index in [1.54, 1.807) is 18.2 Å². The smallest absolute Gasteiger partial charge is 0.325 e. The van der Waals surface area contributed by atoms with Crippen molar-refractivity contribution in [1.29, 1.82) is 0 Å². The van der Waals surface area contributed by atoms with Gasteiger partial charge in [-0.1, -0.05) is 35.2 Å². The third kappa shape index (κ3) is 5.19. The molecule has 9 nitrogen and oxygen atoms in total. The second-order valence-electron chi connectivity index (χ2n) is 6.23. The first-order valence-electron chi connectivity index (χ1n) is 8.86. The molecule has 0 atom stereocenters. The standard InChI is InChI=1S/C19H17N5O4S2/c1-11-3-2-4-12(7-11)21-18-23-24-19(30-18)29-9-16(25)22-17(26)20-13-5-6-14-15(8-13)28-10-27-14/h2-8H,9-10H2,1H3,(H,21,23)(H2,20,22,25,26). The molecule has 1 aromatic heterocycles. The quantitative estimate of drug-likeness (QED) is 0.494. The van der Waals surface area contributed by atoms with Crippen molar-refractivity contribution < 1.29 is 19.1 Å². The number of thioether (sulfide) groups is 1. The minimum atomic E-state index is -0.626. The summed E-state index contributed by atoms with van der Waals surface area (Å²) in [7, 11) is 0. The van der Waals surface area contributed by atoms with E-state index in [0.29, 0.717) is 26.7 Å². The summed E-state index contributed by atoms with van der Waals surface area (Å²) in [6, 6.07) is 12.3. The zero-order valence-corrected chi connectivity index (χ0v) is 17.4. The number of urea groups is 1. The van der Waals surface area contributed by atoms with E-state index in [1.165, 1.54) is 23.1 Å². The number of hydrogen-bond acceptors (Lipinski definition) is 9. The monoisotopic (exact) mass is 443 g/mol. The lowest BCUT2D eigenvalue weighted by atomic mass is 10.2. The number of aromatic nitrogens is 2. The average Bonchev–Trinajstić information content (AvgIpc) is 3.35. The highest BCUT2D eigenvalue weighted by Crippen LogP contribution is 2.34. The molecule has 0 bridgehead atoms. The molecule has 3 amide bonds. The van der Waals surface area contributed by atoms with Gasteiger partial charge in [0.2, 0.25) is 17.8 Å². The number of fused-ring (bicyclic) bond motifs is 1. The number of carbonyl (C=O) groups is 2. The summed E-state index contributed by atoms with van der Waals surface area (Å²) in [5.41, 5.74) is 2.55. The van der Waals surface area contributed by atoms with Gasteiger partial charge in [-0.2, -0.15) is 0 Å². The molecule has 4 rings (SSSR count). The lowest BCUT2D eigenvalue weighted by Gasteiger charge is -2.07. The predicted molar refractivity (Wildman–Crippen MR) is 115 cm³/mol. The second kappa shape index (κ2) is 9.01. The van der Waals surface area contributed by atoms with Crippen molar-refractivity contribution in [2.75, 3.05) is 23.2 Å². The van der Waals surface area contributed by atoms with Gasteiger partial charge < -0.3 is 20.1 Å². The highest BCUT2D eigenvalue weighted by atomic mass is 32.2. The number of aryl methyl sites for hydroxylation is 1. The van der Waals surface area contributed by atoms with E-state index in [9.17, 15) is 9.59 Å². The van der Waals surface area contributed by atoms with Crippen molar-refractivity contribution in [3.8, 4) is 11.5 Å². The van der Waals surface area contributed by atoms with Crippen LogP contribution in [0, 0.1) is 6.92 Å². The third-order valence-electron chi connectivity index (χ3n) is 3.89. The van der Waals surface area contributed by atoms with Crippen LogP contribution in [0.2, 0.25) is 0 Å². The molecule has 0 radical (unpaired) electrons. The summed E-state index contributed by atoms with van der Waals surface area (Å²) < 4.78 is 11.1. The SMILES string of the molecule is Cc1cccc(Nc2nnc(SCC(=O)NC(=O)Nc3ccc4c(c3)OCO4)s2)c1.